The molecule has 6 nitrogen and oxygen atoms in total. The molecule has 0 aliphatic rings. The minimum Gasteiger partial charge on any atom is -0.421 e. The number of aromatic nitrogens is 2. The maximum Gasteiger partial charge on any atom is 0.247 e. The molecule has 0 unspecified atom stereocenters. The van der Waals surface area contributed by atoms with Crippen molar-refractivity contribution < 1.29 is 9.21 Å². The van der Waals surface area contributed by atoms with Gasteiger partial charge in [-0.25, -0.2) is 0 Å². The highest BCUT2D eigenvalue weighted by Crippen LogP contribution is 2.21. The Morgan fingerprint density at radius 2 is 1.76 bits per heavy atom. The van der Waals surface area contributed by atoms with Crippen molar-refractivity contribution in [3.8, 4) is 11.5 Å². The molecule has 6 heteroatoms. The van der Waals surface area contributed by atoms with Crippen LogP contribution in [0, 0.1) is 6.92 Å². The van der Waals surface area contributed by atoms with Crippen LogP contribution in [0.1, 0.15) is 38.6 Å². The van der Waals surface area contributed by atoms with Crippen molar-refractivity contribution in [1.82, 2.24) is 10.2 Å². The van der Waals surface area contributed by atoms with Gasteiger partial charge in [0.25, 0.3) is 0 Å². The fourth-order valence-corrected chi connectivity index (χ4v) is 3.19. The third-order valence-electron chi connectivity index (χ3n) is 4.78. The van der Waals surface area contributed by atoms with Gasteiger partial charge >= 0.3 is 0 Å². The van der Waals surface area contributed by atoms with Gasteiger partial charge in [-0.3, -0.25) is 4.79 Å². The number of benzene rings is 2. The molecule has 3 aromatic rings. The maximum absolute atomic E-state index is 12.3. The highest BCUT2D eigenvalue weighted by Gasteiger charge is 2.12. The summed E-state index contributed by atoms with van der Waals surface area (Å²) in [6.07, 6.45) is 0.685. The smallest absolute Gasteiger partial charge is 0.247 e. The summed E-state index contributed by atoms with van der Waals surface area (Å²) in [7, 11) is 0. The minimum absolute atomic E-state index is 0.0796. The quantitative estimate of drug-likeness (QED) is 0.593. The summed E-state index contributed by atoms with van der Waals surface area (Å²) in [5, 5.41) is 11.0. The number of carbonyl (C=O) groups excluding carboxylic acids is 1. The lowest BCUT2D eigenvalue weighted by Crippen LogP contribution is -2.30. The van der Waals surface area contributed by atoms with Crippen molar-refractivity contribution in [2.45, 2.75) is 46.6 Å². The van der Waals surface area contributed by atoms with Crippen LogP contribution in [0.5, 0.6) is 0 Å². The van der Waals surface area contributed by atoms with E-state index in [2.05, 4.69) is 41.2 Å². The van der Waals surface area contributed by atoms with Crippen LogP contribution in [0.2, 0.25) is 0 Å². The molecule has 152 valence electrons. The van der Waals surface area contributed by atoms with Crippen LogP contribution >= 0.6 is 0 Å². The van der Waals surface area contributed by atoms with Gasteiger partial charge in [0.2, 0.25) is 17.7 Å². The molecule has 0 aliphatic heterocycles. The molecule has 0 saturated heterocycles. The Bertz CT molecular complexity index is 930. The van der Waals surface area contributed by atoms with Crippen LogP contribution in [-0.4, -0.2) is 28.7 Å². The number of hydrogen-bond acceptors (Lipinski definition) is 5. The maximum atomic E-state index is 12.3. The SMILES string of the molecule is CCN(c1ccc(NC(=O)CCc2nnc(-c3ccc(C)cc3)o2)cc1)C(C)C. The monoisotopic (exact) mass is 392 g/mol. The number of hydrogen-bond donors (Lipinski definition) is 1. The number of nitrogens with zero attached hydrogens (tertiary/aromatic N) is 3. The lowest BCUT2D eigenvalue weighted by atomic mass is 10.1. The van der Waals surface area contributed by atoms with E-state index in [1.54, 1.807) is 0 Å². The first-order valence-electron chi connectivity index (χ1n) is 10.0. The van der Waals surface area contributed by atoms with Crippen LogP contribution in [0.3, 0.4) is 0 Å². The molecule has 0 atom stereocenters. The van der Waals surface area contributed by atoms with E-state index < -0.39 is 0 Å². The molecule has 0 radical (unpaired) electrons. The Morgan fingerprint density at radius 1 is 1.07 bits per heavy atom. The average molecular weight is 393 g/mol. The molecule has 0 bridgehead atoms. The molecule has 0 spiro atoms. The van der Waals surface area contributed by atoms with Crippen LogP contribution in [0.15, 0.2) is 52.9 Å². The van der Waals surface area contributed by atoms with Crippen molar-refractivity contribution in [2.24, 2.45) is 0 Å². The number of carbonyl (C=O) groups is 1. The molecule has 1 N–H and O–H groups in total. The van der Waals surface area contributed by atoms with Gasteiger partial charge in [0.1, 0.15) is 0 Å². The van der Waals surface area contributed by atoms with Crippen molar-refractivity contribution in [3.05, 3.63) is 60.0 Å². The van der Waals surface area contributed by atoms with Crippen molar-refractivity contribution in [2.75, 3.05) is 16.8 Å². The van der Waals surface area contributed by atoms with Crippen LogP contribution in [-0.2, 0) is 11.2 Å². The zero-order chi connectivity index (χ0) is 20.8. The Balaban J connectivity index is 1.53. The number of aryl methyl sites for hydroxylation is 2. The second-order valence-electron chi connectivity index (χ2n) is 7.34. The van der Waals surface area contributed by atoms with Gasteiger partial charge in [-0.15, -0.1) is 10.2 Å². The standard InChI is InChI=1S/C23H28N4O2/c1-5-27(16(2)3)20-12-10-19(11-13-20)24-21(28)14-15-22-25-26-23(29-22)18-8-6-17(4)7-9-18/h6-13,16H,5,14-15H2,1-4H3,(H,24,28). The van der Waals surface area contributed by atoms with E-state index in [-0.39, 0.29) is 12.3 Å². The van der Waals surface area contributed by atoms with Gasteiger partial charge in [-0.1, -0.05) is 17.7 Å². The summed E-state index contributed by atoms with van der Waals surface area (Å²) in [4.78, 5) is 14.6. The Hall–Kier alpha value is -3.15. The summed E-state index contributed by atoms with van der Waals surface area (Å²) in [6.45, 7) is 9.44. The van der Waals surface area contributed by atoms with Crippen molar-refractivity contribution >= 4 is 17.3 Å². The first-order valence-corrected chi connectivity index (χ1v) is 10.0. The summed E-state index contributed by atoms with van der Waals surface area (Å²) in [5.74, 6) is 0.854. The van der Waals surface area contributed by atoms with E-state index in [1.807, 2.05) is 55.5 Å². The largest absolute Gasteiger partial charge is 0.421 e. The lowest BCUT2D eigenvalue weighted by molar-refractivity contribution is -0.116. The predicted octanol–water partition coefficient (Wildman–Crippen LogP) is 4.85. The highest BCUT2D eigenvalue weighted by molar-refractivity contribution is 5.90. The van der Waals surface area contributed by atoms with Gasteiger partial charge in [0.05, 0.1) is 0 Å². The fraction of sp³-hybridized carbons (Fsp3) is 0.348. The molecule has 0 aliphatic carbocycles. The minimum atomic E-state index is -0.0796. The molecule has 0 saturated carbocycles. The highest BCUT2D eigenvalue weighted by atomic mass is 16.4. The number of nitrogens with one attached hydrogen (secondary N) is 1. The summed E-state index contributed by atoms with van der Waals surface area (Å²) < 4.78 is 5.68. The molecule has 3 rings (SSSR count). The van der Waals surface area contributed by atoms with Crippen molar-refractivity contribution in [3.63, 3.8) is 0 Å². The fourth-order valence-electron chi connectivity index (χ4n) is 3.19. The molecule has 1 aromatic heterocycles. The molecule has 1 amide bonds. The van der Waals surface area contributed by atoms with Crippen LogP contribution in [0.4, 0.5) is 11.4 Å². The summed E-state index contributed by atoms with van der Waals surface area (Å²) in [5.41, 5.74) is 3.98. The van der Waals surface area contributed by atoms with Gasteiger partial charge in [-0.05, 0) is 64.1 Å². The Kier molecular flexibility index (Phi) is 6.65. The predicted molar refractivity (Wildman–Crippen MR) is 116 cm³/mol. The normalized spacial score (nSPS) is 10.9. The van der Waals surface area contributed by atoms with E-state index >= 15 is 0 Å². The average Bonchev–Trinajstić information content (AvgIpc) is 3.18. The van der Waals surface area contributed by atoms with E-state index in [1.165, 1.54) is 5.56 Å². The van der Waals surface area contributed by atoms with Gasteiger partial charge in [0, 0.05) is 42.4 Å². The first-order chi connectivity index (χ1) is 14.0. The van der Waals surface area contributed by atoms with E-state index in [0.29, 0.717) is 24.2 Å². The molecule has 0 fully saturated rings. The number of anilines is 2. The zero-order valence-corrected chi connectivity index (χ0v) is 17.5. The third kappa shape index (κ3) is 5.44. The number of rotatable bonds is 8. The third-order valence-corrected chi connectivity index (χ3v) is 4.78. The molecule has 1 heterocycles. The lowest BCUT2D eigenvalue weighted by Gasteiger charge is -2.27. The Morgan fingerprint density at radius 3 is 2.38 bits per heavy atom. The van der Waals surface area contributed by atoms with E-state index in [9.17, 15) is 4.79 Å². The van der Waals surface area contributed by atoms with Crippen molar-refractivity contribution in [1.29, 1.82) is 0 Å². The van der Waals surface area contributed by atoms with Gasteiger partial charge in [-0.2, -0.15) is 0 Å². The first kappa shape index (κ1) is 20.6. The van der Waals surface area contributed by atoms with Gasteiger partial charge < -0.3 is 14.6 Å². The van der Waals surface area contributed by atoms with E-state index in [4.69, 9.17) is 4.42 Å². The molecule has 29 heavy (non-hydrogen) atoms. The Labute approximate surface area is 172 Å². The zero-order valence-electron chi connectivity index (χ0n) is 17.5. The number of amides is 1. The van der Waals surface area contributed by atoms with Crippen LogP contribution < -0.4 is 10.2 Å². The second kappa shape index (κ2) is 9.37. The topological polar surface area (TPSA) is 71.3 Å². The summed E-state index contributed by atoms with van der Waals surface area (Å²) in [6, 6.07) is 16.2. The summed E-state index contributed by atoms with van der Waals surface area (Å²) >= 11 is 0. The van der Waals surface area contributed by atoms with Gasteiger partial charge in [0.15, 0.2) is 0 Å². The molecular formula is C23H28N4O2. The van der Waals surface area contributed by atoms with E-state index in [0.717, 1.165) is 23.5 Å². The second-order valence-corrected chi connectivity index (χ2v) is 7.34. The molecule has 2 aromatic carbocycles. The molecular weight excluding hydrogens is 364 g/mol. The van der Waals surface area contributed by atoms with Crippen LogP contribution in [0.25, 0.3) is 11.5 Å².